The monoisotopic (exact) mass is 488 g/mol. The number of carbonyl (C=O) groups is 1. The third-order valence-electron chi connectivity index (χ3n) is 6.59. The molecule has 0 unspecified atom stereocenters. The first-order valence-electron chi connectivity index (χ1n) is 11.9. The van der Waals surface area contributed by atoms with Crippen LogP contribution in [0.3, 0.4) is 0 Å². The molecule has 1 aliphatic heterocycles. The van der Waals surface area contributed by atoms with Gasteiger partial charge in [-0.25, -0.2) is 4.98 Å². The van der Waals surface area contributed by atoms with E-state index in [1.807, 2.05) is 48.5 Å². The van der Waals surface area contributed by atoms with E-state index >= 15 is 0 Å². The van der Waals surface area contributed by atoms with E-state index in [1.54, 1.807) is 7.11 Å². The summed E-state index contributed by atoms with van der Waals surface area (Å²) in [6.45, 7) is 3.10. The van der Waals surface area contributed by atoms with Crippen molar-refractivity contribution in [3.05, 3.63) is 89.2 Å². The van der Waals surface area contributed by atoms with Gasteiger partial charge in [-0.15, -0.1) is 0 Å². The number of rotatable bonds is 7. The number of fused-ring (bicyclic) bond motifs is 1. The summed E-state index contributed by atoms with van der Waals surface area (Å²) >= 11 is 6.09. The highest BCUT2D eigenvalue weighted by Gasteiger charge is 2.27. The fourth-order valence-electron chi connectivity index (χ4n) is 4.73. The highest BCUT2D eigenvalue weighted by atomic mass is 35.5. The van der Waals surface area contributed by atoms with Crippen molar-refractivity contribution < 1.29 is 9.53 Å². The summed E-state index contributed by atoms with van der Waals surface area (Å²) in [6.07, 6.45) is 1.87. The molecule has 2 heterocycles. The molecule has 5 rings (SSSR count). The van der Waals surface area contributed by atoms with Gasteiger partial charge in [0, 0.05) is 23.8 Å². The molecule has 1 saturated heterocycles. The van der Waals surface area contributed by atoms with E-state index in [-0.39, 0.29) is 11.8 Å². The lowest BCUT2D eigenvalue weighted by atomic mass is 9.97. The molecule has 1 amide bonds. The first-order valence-corrected chi connectivity index (χ1v) is 12.3. The van der Waals surface area contributed by atoms with Crippen LogP contribution < -0.4 is 10.1 Å². The maximum absolute atomic E-state index is 13.0. The lowest BCUT2D eigenvalue weighted by Gasteiger charge is -2.31. The van der Waals surface area contributed by atoms with Gasteiger partial charge in [-0.3, -0.25) is 9.69 Å². The number of aromatic nitrogens is 2. The summed E-state index contributed by atoms with van der Waals surface area (Å²) in [4.78, 5) is 20.3. The Morgan fingerprint density at radius 3 is 2.60 bits per heavy atom. The fraction of sp³-hybridized carbons (Fsp3) is 0.286. The Labute approximate surface area is 210 Å². The number of carbonyl (C=O) groups excluding carboxylic acids is 1. The number of hydrogen-bond acceptors (Lipinski definition) is 4. The van der Waals surface area contributed by atoms with E-state index in [0.29, 0.717) is 13.1 Å². The second-order valence-electron chi connectivity index (χ2n) is 9.02. The number of piperidine rings is 1. The zero-order valence-corrected chi connectivity index (χ0v) is 20.5. The molecule has 6 nitrogen and oxygen atoms in total. The third-order valence-corrected chi connectivity index (χ3v) is 6.84. The number of methoxy groups -OCH3 is 1. The number of hydrogen-bond donors (Lipinski definition) is 1. The van der Waals surface area contributed by atoms with Crippen molar-refractivity contribution in [3.8, 4) is 5.75 Å². The average Bonchev–Trinajstić information content (AvgIpc) is 3.22. The second-order valence-corrected chi connectivity index (χ2v) is 9.46. The Balaban J connectivity index is 1.31. The van der Waals surface area contributed by atoms with Crippen molar-refractivity contribution in [2.45, 2.75) is 25.9 Å². The number of halogens is 1. The van der Waals surface area contributed by atoms with E-state index in [0.717, 1.165) is 59.2 Å². The molecule has 1 aliphatic rings. The molecule has 0 spiro atoms. The van der Waals surface area contributed by atoms with Crippen LogP contribution in [0, 0.1) is 5.92 Å². The van der Waals surface area contributed by atoms with Crippen LogP contribution in [0.2, 0.25) is 5.02 Å². The molecule has 1 atom stereocenters. The van der Waals surface area contributed by atoms with Gasteiger partial charge in [0.2, 0.25) is 5.91 Å². The fourth-order valence-corrected chi connectivity index (χ4v) is 4.85. The Hall–Kier alpha value is -3.35. The molecule has 35 heavy (non-hydrogen) atoms. The molecule has 0 bridgehead atoms. The van der Waals surface area contributed by atoms with E-state index < -0.39 is 0 Å². The van der Waals surface area contributed by atoms with Crippen molar-refractivity contribution in [1.82, 2.24) is 14.5 Å². The molecular weight excluding hydrogens is 460 g/mol. The van der Waals surface area contributed by atoms with Crippen LogP contribution in [-0.2, 0) is 17.9 Å². The maximum Gasteiger partial charge on any atom is 0.228 e. The predicted octanol–water partition coefficient (Wildman–Crippen LogP) is 5.60. The van der Waals surface area contributed by atoms with Gasteiger partial charge in [0.25, 0.3) is 0 Å². The molecule has 0 aliphatic carbocycles. The van der Waals surface area contributed by atoms with Gasteiger partial charge in [-0.05, 0) is 73.5 Å². The standard InChI is InChI=1S/C28H29ClN4O2/c1-35-24-14-12-23(13-15-24)30-28(34)21-5-4-16-32(18-21)19-27-31-25-6-2-3-7-26(25)33(27)17-20-8-10-22(29)11-9-20/h2-3,6-15,21H,4-5,16-19H2,1H3,(H,30,34)/t21-/m1/s1. The highest BCUT2D eigenvalue weighted by Crippen LogP contribution is 2.24. The van der Waals surface area contributed by atoms with Crippen LogP contribution in [0.15, 0.2) is 72.8 Å². The van der Waals surface area contributed by atoms with Crippen molar-refractivity contribution >= 4 is 34.2 Å². The quantitative estimate of drug-likeness (QED) is 0.368. The largest absolute Gasteiger partial charge is 0.497 e. The van der Waals surface area contributed by atoms with Gasteiger partial charge in [-0.2, -0.15) is 0 Å². The molecule has 7 heteroatoms. The smallest absolute Gasteiger partial charge is 0.228 e. The molecule has 1 aromatic heterocycles. The number of likely N-dealkylation sites (tertiary alicyclic amines) is 1. The van der Waals surface area contributed by atoms with Crippen LogP contribution in [-0.4, -0.2) is 40.6 Å². The molecule has 0 saturated carbocycles. The van der Waals surface area contributed by atoms with Crippen molar-refractivity contribution in [3.63, 3.8) is 0 Å². The van der Waals surface area contributed by atoms with Crippen LogP contribution in [0.4, 0.5) is 5.69 Å². The van der Waals surface area contributed by atoms with Gasteiger partial charge in [-0.1, -0.05) is 35.9 Å². The minimum absolute atomic E-state index is 0.0556. The zero-order chi connectivity index (χ0) is 24.2. The number of benzene rings is 3. The average molecular weight is 489 g/mol. The molecule has 1 N–H and O–H groups in total. The van der Waals surface area contributed by atoms with Crippen LogP contribution >= 0.6 is 11.6 Å². The summed E-state index contributed by atoms with van der Waals surface area (Å²) in [5.41, 5.74) is 4.07. The number of para-hydroxylation sites is 2. The van der Waals surface area contributed by atoms with E-state index in [1.165, 1.54) is 5.56 Å². The minimum Gasteiger partial charge on any atom is -0.497 e. The Bertz CT molecular complexity index is 1300. The Morgan fingerprint density at radius 1 is 1.06 bits per heavy atom. The van der Waals surface area contributed by atoms with Gasteiger partial charge in [0.15, 0.2) is 0 Å². The third kappa shape index (κ3) is 5.50. The molecule has 4 aromatic rings. The van der Waals surface area contributed by atoms with Gasteiger partial charge in [0.05, 0.1) is 30.6 Å². The molecule has 3 aromatic carbocycles. The van der Waals surface area contributed by atoms with Crippen molar-refractivity contribution in [2.24, 2.45) is 5.92 Å². The molecule has 1 fully saturated rings. The molecule has 180 valence electrons. The first-order chi connectivity index (χ1) is 17.1. The lowest BCUT2D eigenvalue weighted by Crippen LogP contribution is -2.40. The summed E-state index contributed by atoms with van der Waals surface area (Å²) < 4.78 is 7.48. The molecule has 0 radical (unpaired) electrons. The van der Waals surface area contributed by atoms with Gasteiger partial charge >= 0.3 is 0 Å². The number of anilines is 1. The first kappa shape index (κ1) is 23.4. The number of nitrogens with one attached hydrogen (secondary N) is 1. The van der Waals surface area contributed by atoms with Crippen LogP contribution in [0.25, 0.3) is 11.0 Å². The maximum atomic E-state index is 13.0. The lowest BCUT2D eigenvalue weighted by molar-refractivity contribution is -0.121. The van der Waals surface area contributed by atoms with E-state index in [9.17, 15) is 4.79 Å². The zero-order valence-electron chi connectivity index (χ0n) is 19.8. The summed E-state index contributed by atoms with van der Waals surface area (Å²) in [5.74, 6) is 1.79. The van der Waals surface area contributed by atoms with Crippen molar-refractivity contribution in [1.29, 1.82) is 0 Å². The number of imidazole rings is 1. The SMILES string of the molecule is COc1ccc(NC(=O)[C@@H]2CCCN(Cc3nc4ccccc4n3Cc3ccc(Cl)cc3)C2)cc1. The molecular formula is C28H29ClN4O2. The number of nitrogens with zero attached hydrogens (tertiary/aromatic N) is 3. The highest BCUT2D eigenvalue weighted by molar-refractivity contribution is 6.30. The van der Waals surface area contributed by atoms with Gasteiger partial charge < -0.3 is 14.6 Å². The topological polar surface area (TPSA) is 59.4 Å². The Morgan fingerprint density at radius 2 is 1.83 bits per heavy atom. The summed E-state index contributed by atoms with van der Waals surface area (Å²) in [6, 6.07) is 23.6. The van der Waals surface area contributed by atoms with Gasteiger partial charge in [0.1, 0.15) is 11.6 Å². The van der Waals surface area contributed by atoms with E-state index in [4.69, 9.17) is 21.3 Å². The predicted molar refractivity (Wildman–Crippen MR) is 140 cm³/mol. The Kier molecular flexibility index (Phi) is 7.02. The van der Waals surface area contributed by atoms with Crippen LogP contribution in [0.1, 0.15) is 24.2 Å². The number of amides is 1. The second kappa shape index (κ2) is 10.5. The van der Waals surface area contributed by atoms with Crippen molar-refractivity contribution in [2.75, 3.05) is 25.5 Å². The van der Waals surface area contributed by atoms with E-state index in [2.05, 4.69) is 39.0 Å². The van der Waals surface area contributed by atoms with Crippen LogP contribution in [0.5, 0.6) is 5.75 Å². The normalized spacial score (nSPS) is 16.3. The number of ether oxygens (including phenoxy) is 1. The summed E-state index contributed by atoms with van der Waals surface area (Å²) in [7, 11) is 1.63. The minimum atomic E-state index is -0.0556. The summed E-state index contributed by atoms with van der Waals surface area (Å²) in [5, 5.41) is 3.80.